The molecule has 2 heterocycles. The van der Waals surface area contributed by atoms with Gasteiger partial charge in [-0.3, -0.25) is 9.78 Å². The maximum Gasteiger partial charge on any atom is 0.229 e. The number of amides is 1. The van der Waals surface area contributed by atoms with Crippen LogP contribution in [0.3, 0.4) is 0 Å². The van der Waals surface area contributed by atoms with Gasteiger partial charge in [0, 0.05) is 42.1 Å². The molecule has 0 spiro atoms. The summed E-state index contributed by atoms with van der Waals surface area (Å²) in [6.45, 7) is 1.49. The molecule has 1 unspecified atom stereocenters. The van der Waals surface area contributed by atoms with Crippen LogP contribution < -0.4 is 10.6 Å². The number of nitrogens with zero attached hydrogens (tertiary/aromatic N) is 1. The van der Waals surface area contributed by atoms with Crippen LogP contribution >= 0.6 is 0 Å². The van der Waals surface area contributed by atoms with Crippen LogP contribution in [0.4, 0.5) is 5.69 Å². The van der Waals surface area contributed by atoms with Crippen LogP contribution in [0.2, 0.25) is 0 Å². The number of pyridine rings is 1. The second-order valence-electron chi connectivity index (χ2n) is 6.82. The molecule has 3 N–H and O–H groups in total. The number of anilines is 1. The van der Waals surface area contributed by atoms with Crippen LogP contribution in [0.25, 0.3) is 10.9 Å². The van der Waals surface area contributed by atoms with E-state index in [2.05, 4.69) is 38.8 Å². The van der Waals surface area contributed by atoms with Gasteiger partial charge in [0.15, 0.2) is 0 Å². The van der Waals surface area contributed by atoms with Crippen molar-refractivity contribution < 1.29 is 4.79 Å². The van der Waals surface area contributed by atoms with Crippen molar-refractivity contribution in [3.05, 3.63) is 60.0 Å². The molecule has 0 aliphatic heterocycles. The van der Waals surface area contributed by atoms with Gasteiger partial charge in [-0.25, -0.2) is 0 Å². The molecule has 5 heteroatoms. The van der Waals surface area contributed by atoms with Crippen molar-refractivity contribution in [2.45, 2.75) is 31.6 Å². The summed E-state index contributed by atoms with van der Waals surface area (Å²) in [7, 11) is 0. The lowest BCUT2D eigenvalue weighted by molar-refractivity contribution is -0.122. The van der Waals surface area contributed by atoms with Crippen LogP contribution in [-0.4, -0.2) is 29.0 Å². The van der Waals surface area contributed by atoms with Crippen molar-refractivity contribution in [2.24, 2.45) is 0 Å². The first kappa shape index (κ1) is 16.6. The number of aromatic amines is 1. The van der Waals surface area contributed by atoms with Crippen molar-refractivity contribution >= 4 is 22.5 Å². The Bertz CT molecular complexity index is 887. The van der Waals surface area contributed by atoms with Gasteiger partial charge in [0.25, 0.3) is 0 Å². The van der Waals surface area contributed by atoms with Gasteiger partial charge in [-0.2, -0.15) is 0 Å². The Morgan fingerprint density at radius 2 is 2.12 bits per heavy atom. The molecule has 1 aromatic carbocycles. The van der Waals surface area contributed by atoms with Gasteiger partial charge in [-0.15, -0.1) is 0 Å². The van der Waals surface area contributed by atoms with Gasteiger partial charge >= 0.3 is 0 Å². The van der Waals surface area contributed by atoms with Gasteiger partial charge in [0.2, 0.25) is 5.91 Å². The Morgan fingerprint density at radius 3 is 3.00 bits per heavy atom. The molecule has 1 amide bonds. The summed E-state index contributed by atoms with van der Waals surface area (Å²) in [5, 5.41) is 7.69. The second-order valence-corrected chi connectivity index (χ2v) is 6.82. The fourth-order valence-electron chi connectivity index (χ4n) is 3.80. The Hall–Kier alpha value is -2.82. The summed E-state index contributed by atoms with van der Waals surface area (Å²) < 4.78 is 0. The average molecular weight is 348 g/mol. The summed E-state index contributed by atoms with van der Waals surface area (Å²) in [6.07, 6.45) is 7.48. The molecule has 0 fully saturated rings. The second kappa shape index (κ2) is 7.60. The van der Waals surface area contributed by atoms with E-state index < -0.39 is 0 Å². The molecular weight excluding hydrogens is 324 g/mol. The zero-order chi connectivity index (χ0) is 17.8. The first-order valence-corrected chi connectivity index (χ1v) is 9.34. The van der Waals surface area contributed by atoms with E-state index in [0.29, 0.717) is 6.54 Å². The van der Waals surface area contributed by atoms with Crippen LogP contribution in [0.1, 0.15) is 36.4 Å². The standard InChI is InChI=1S/C21H24N4O/c26-21(24-13-5-12-23-15-6-4-11-22-14-15)18-9-3-8-17-16-7-1-2-10-19(16)25-20(17)18/h1-2,4,6-7,10-11,14,18,23,25H,3,5,8-9,12-13H2,(H,24,26). The molecule has 4 rings (SSSR count). The highest BCUT2D eigenvalue weighted by Gasteiger charge is 2.29. The third kappa shape index (κ3) is 3.43. The molecule has 0 saturated heterocycles. The maximum atomic E-state index is 12.7. The highest BCUT2D eigenvalue weighted by Crippen LogP contribution is 2.36. The lowest BCUT2D eigenvalue weighted by Crippen LogP contribution is -2.32. The molecular formula is C21H24N4O. The fourth-order valence-corrected chi connectivity index (χ4v) is 3.80. The van der Waals surface area contributed by atoms with Gasteiger partial charge < -0.3 is 15.6 Å². The molecule has 0 saturated carbocycles. The zero-order valence-electron chi connectivity index (χ0n) is 14.8. The highest BCUT2D eigenvalue weighted by atomic mass is 16.1. The van der Waals surface area contributed by atoms with E-state index in [1.54, 1.807) is 12.4 Å². The van der Waals surface area contributed by atoms with Crippen molar-refractivity contribution in [1.29, 1.82) is 0 Å². The molecule has 0 radical (unpaired) electrons. The zero-order valence-corrected chi connectivity index (χ0v) is 14.8. The predicted octanol–water partition coefficient (Wildman–Crippen LogP) is 3.60. The molecule has 1 atom stereocenters. The minimum Gasteiger partial charge on any atom is -0.384 e. The third-order valence-electron chi connectivity index (χ3n) is 5.07. The summed E-state index contributed by atoms with van der Waals surface area (Å²) in [5.74, 6) is 0.0799. The lowest BCUT2D eigenvalue weighted by atomic mass is 9.86. The van der Waals surface area contributed by atoms with E-state index in [1.165, 1.54) is 10.9 Å². The molecule has 1 aliphatic carbocycles. The van der Waals surface area contributed by atoms with Gasteiger partial charge in [-0.05, 0) is 49.4 Å². The number of rotatable bonds is 6. The van der Waals surface area contributed by atoms with Crippen LogP contribution in [0.15, 0.2) is 48.8 Å². The van der Waals surface area contributed by atoms with Gasteiger partial charge in [0.1, 0.15) is 0 Å². The quantitative estimate of drug-likeness (QED) is 0.596. The summed E-state index contributed by atoms with van der Waals surface area (Å²) in [4.78, 5) is 20.3. The Morgan fingerprint density at radius 1 is 1.19 bits per heavy atom. The molecule has 5 nitrogen and oxygen atoms in total. The first-order valence-electron chi connectivity index (χ1n) is 9.34. The van der Waals surface area contributed by atoms with Gasteiger partial charge in [0.05, 0.1) is 11.6 Å². The van der Waals surface area contributed by atoms with E-state index in [-0.39, 0.29) is 11.8 Å². The minimum atomic E-state index is -0.0579. The molecule has 2 aromatic heterocycles. The number of H-pyrrole nitrogens is 1. The number of hydrogen-bond acceptors (Lipinski definition) is 3. The maximum absolute atomic E-state index is 12.7. The number of para-hydroxylation sites is 1. The predicted molar refractivity (Wildman–Crippen MR) is 104 cm³/mol. The number of aromatic nitrogens is 2. The molecule has 26 heavy (non-hydrogen) atoms. The number of benzene rings is 1. The Balaban J connectivity index is 1.33. The van der Waals surface area contributed by atoms with E-state index >= 15 is 0 Å². The number of nitrogens with one attached hydrogen (secondary N) is 3. The van der Waals surface area contributed by atoms with Crippen LogP contribution in [-0.2, 0) is 11.2 Å². The topological polar surface area (TPSA) is 69.8 Å². The molecule has 1 aliphatic rings. The normalized spacial score (nSPS) is 16.2. The SMILES string of the molecule is O=C(NCCCNc1cccnc1)C1CCCc2c1[nH]c1ccccc21. The van der Waals surface area contributed by atoms with E-state index in [4.69, 9.17) is 0 Å². The molecule has 3 aromatic rings. The fraction of sp³-hybridized carbons (Fsp3) is 0.333. The molecule has 134 valence electrons. The lowest BCUT2D eigenvalue weighted by Gasteiger charge is -2.22. The van der Waals surface area contributed by atoms with Crippen molar-refractivity contribution in [3.63, 3.8) is 0 Å². The summed E-state index contributed by atoms with van der Waals surface area (Å²) in [5.41, 5.74) is 4.58. The Labute approximate surface area is 153 Å². The smallest absolute Gasteiger partial charge is 0.229 e. The van der Waals surface area contributed by atoms with E-state index in [0.717, 1.165) is 49.1 Å². The largest absolute Gasteiger partial charge is 0.384 e. The summed E-state index contributed by atoms with van der Waals surface area (Å²) in [6, 6.07) is 12.2. The van der Waals surface area contributed by atoms with E-state index in [9.17, 15) is 4.79 Å². The number of hydrogen-bond donors (Lipinski definition) is 3. The number of carbonyl (C=O) groups is 1. The Kier molecular flexibility index (Phi) is 4.86. The van der Waals surface area contributed by atoms with Gasteiger partial charge in [-0.1, -0.05) is 18.2 Å². The number of carbonyl (C=O) groups excluding carboxylic acids is 1. The number of fused-ring (bicyclic) bond motifs is 3. The van der Waals surface area contributed by atoms with E-state index in [1.807, 2.05) is 18.2 Å². The van der Waals surface area contributed by atoms with Crippen LogP contribution in [0.5, 0.6) is 0 Å². The molecule has 0 bridgehead atoms. The summed E-state index contributed by atoms with van der Waals surface area (Å²) >= 11 is 0. The van der Waals surface area contributed by atoms with Crippen molar-refractivity contribution in [1.82, 2.24) is 15.3 Å². The van der Waals surface area contributed by atoms with Crippen molar-refractivity contribution in [2.75, 3.05) is 18.4 Å². The monoisotopic (exact) mass is 348 g/mol. The number of aryl methyl sites for hydroxylation is 1. The third-order valence-corrected chi connectivity index (χ3v) is 5.07. The van der Waals surface area contributed by atoms with Crippen LogP contribution in [0, 0.1) is 0 Å². The minimum absolute atomic E-state index is 0.0579. The first-order chi connectivity index (χ1) is 12.8. The van der Waals surface area contributed by atoms with Crippen molar-refractivity contribution in [3.8, 4) is 0 Å². The highest BCUT2D eigenvalue weighted by molar-refractivity contribution is 5.90. The average Bonchev–Trinajstić information content (AvgIpc) is 3.07.